The molecule has 0 amide bonds. The Morgan fingerprint density at radius 3 is 2.79 bits per heavy atom. The number of nitriles is 1. The normalized spacial score (nSPS) is 10.4. The quantitative estimate of drug-likeness (QED) is 0.842. The molecule has 2 rings (SSSR count). The number of hydrogen-bond donors (Lipinski definition) is 0. The zero-order chi connectivity index (χ0) is 13.8. The van der Waals surface area contributed by atoms with Crippen LogP contribution in [-0.4, -0.2) is 15.0 Å². The van der Waals surface area contributed by atoms with E-state index in [2.05, 4.69) is 43.2 Å². The lowest BCUT2D eigenvalue weighted by Gasteiger charge is -2.10. The van der Waals surface area contributed by atoms with Crippen molar-refractivity contribution in [3.05, 3.63) is 40.7 Å². The molecule has 4 heteroatoms. The number of aromatic nitrogens is 3. The molecule has 1 aromatic carbocycles. The highest BCUT2D eigenvalue weighted by atomic mass is 15.4. The molecule has 0 spiro atoms. The second kappa shape index (κ2) is 5.66. The number of aryl methyl sites for hydroxylation is 1. The van der Waals surface area contributed by atoms with Crippen LogP contribution >= 0.6 is 0 Å². The van der Waals surface area contributed by atoms with Gasteiger partial charge in [0.15, 0.2) is 5.69 Å². The lowest BCUT2D eigenvalue weighted by atomic mass is 10.1. The van der Waals surface area contributed by atoms with E-state index in [1.165, 1.54) is 11.1 Å². The van der Waals surface area contributed by atoms with Crippen LogP contribution in [0.2, 0.25) is 0 Å². The largest absolute Gasteiger partial charge is 0.216 e. The molecule has 1 heterocycles. The summed E-state index contributed by atoms with van der Waals surface area (Å²) in [4.78, 5) is 0. The number of benzene rings is 1. The van der Waals surface area contributed by atoms with Crippen molar-refractivity contribution in [3.8, 4) is 11.8 Å². The van der Waals surface area contributed by atoms with Gasteiger partial charge in [0.05, 0.1) is 11.4 Å². The van der Waals surface area contributed by atoms with Gasteiger partial charge < -0.3 is 0 Å². The topological polar surface area (TPSA) is 54.5 Å². The van der Waals surface area contributed by atoms with E-state index < -0.39 is 0 Å². The van der Waals surface area contributed by atoms with Gasteiger partial charge in [0.2, 0.25) is 0 Å². The van der Waals surface area contributed by atoms with Crippen molar-refractivity contribution in [1.82, 2.24) is 15.0 Å². The van der Waals surface area contributed by atoms with Gasteiger partial charge in [0.1, 0.15) is 6.07 Å². The summed E-state index contributed by atoms with van der Waals surface area (Å²) in [7, 11) is 0. The second-order valence-corrected chi connectivity index (χ2v) is 4.73. The van der Waals surface area contributed by atoms with Crippen molar-refractivity contribution in [2.75, 3.05) is 0 Å². The molecule has 0 bridgehead atoms. The van der Waals surface area contributed by atoms with Gasteiger partial charge in [-0.05, 0) is 43.9 Å². The lowest BCUT2D eigenvalue weighted by Crippen LogP contribution is -2.06. The smallest absolute Gasteiger partial charge is 0.186 e. The minimum absolute atomic E-state index is 0.439. The Morgan fingerprint density at radius 2 is 2.11 bits per heavy atom. The van der Waals surface area contributed by atoms with Crippen molar-refractivity contribution >= 4 is 0 Å². The summed E-state index contributed by atoms with van der Waals surface area (Å²) in [6.45, 7) is 6.28. The summed E-state index contributed by atoms with van der Waals surface area (Å²) in [6, 6.07) is 8.24. The van der Waals surface area contributed by atoms with E-state index >= 15 is 0 Å². The number of nitrogens with zero attached hydrogens (tertiary/aromatic N) is 4. The molecule has 2 aromatic rings. The predicted molar refractivity (Wildman–Crippen MR) is 74.2 cm³/mol. The van der Waals surface area contributed by atoms with Crippen molar-refractivity contribution in [1.29, 1.82) is 5.26 Å². The first-order valence-electron chi connectivity index (χ1n) is 6.60. The Balaban J connectivity index is 2.53. The van der Waals surface area contributed by atoms with Crippen LogP contribution < -0.4 is 0 Å². The van der Waals surface area contributed by atoms with Gasteiger partial charge in [0, 0.05) is 0 Å². The molecule has 0 saturated carbocycles. The molecule has 1 aromatic heterocycles. The van der Waals surface area contributed by atoms with Crippen molar-refractivity contribution in [2.45, 2.75) is 40.0 Å². The van der Waals surface area contributed by atoms with E-state index in [0.29, 0.717) is 5.69 Å². The molecule has 0 aliphatic carbocycles. The van der Waals surface area contributed by atoms with Gasteiger partial charge in [-0.1, -0.05) is 30.7 Å². The Bertz CT molecular complexity index is 620. The number of hydrogen-bond acceptors (Lipinski definition) is 3. The average molecular weight is 254 g/mol. The number of unbranched alkanes of at least 4 members (excludes halogenated alkanes) is 1. The van der Waals surface area contributed by atoms with E-state index in [-0.39, 0.29) is 0 Å². The van der Waals surface area contributed by atoms with E-state index in [4.69, 9.17) is 5.26 Å². The molecule has 4 nitrogen and oxygen atoms in total. The molecular weight excluding hydrogens is 236 g/mol. The van der Waals surface area contributed by atoms with Gasteiger partial charge >= 0.3 is 0 Å². The second-order valence-electron chi connectivity index (χ2n) is 4.73. The molecule has 0 aliphatic heterocycles. The monoisotopic (exact) mass is 254 g/mol. The minimum atomic E-state index is 0.439. The lowest BCUT2D eigenvalue weighted by molar-refractivity contribution is 0.712. The number of rotatable bonds is 4. The van der Waals surface area contributed by atoms with Gasteiger partial charge in [-0.15, -0.1) is 5.10 Å². The highest BCUT2D eigenvalue weighted by Crippen LogP contribution is 2.20. The Morgan fingerprint density at radius 1 is 1.32 bits per heavy atom. The molecule has 0 unspecified atom stereocenters. The van der Waals surface area contributed by atoms with Crippen LogP contribution in [0.1, 0.15) is 42.3 Å². The first-order chi connectivity index (χ1) is 9.19. The molecule has 0 aliphatic rings. The molecule has 98 valence electrons. The van der Waals surface area contributed by atoms with Gasteiger partial charge in [-0.25, -0.2) is 4.68 Å². The Hall–Kier alpha value is -2.15. The minimum Gasteiger partial charge on any atom is -0.216 e. The van der Waals surface area contributed by atoms with E-state index in [0.717, 1.165) is 30.6 Å². The zero-order valence-electron chi connectivity index (χ0n) is 11.6. The van der Waals surface area contributed by atoms with Crippen LogP contribution in [0.25, 0.3) is 5.69 Å². The highest BCUT2D eigenvalue weighted by molar-refractivity contribution is 5.46. The van der Waals surface area contributed by atoms with Gasteiger partial charge in [0.25, 0.3) is 0 Å². The summed E-state index contributed by atoms with van der Waals surface area (Å²) < 4.78 is 1.82. The maximum Gasteiger partial charge on any atom is 0.186 e. The SMILES string of the molecule is CCCCc1c(C#N)nnn1-c1cccc(C)c1C. The summed E-state index contributed by atoms with van der Waals surface area (Å²) in [5, 5.41) is 17.3. The van der Waals surface area contributed by atoms with Crippen LogP contribution in [0.15, 0.2) is 18.2 Å². The zero-order valence-corrected chi connectivity index (χ0v) is 11.6. The van der Waals surface area contributed by atoms with Gasteiger partial charge in [-0.2, -0.15) is 5.26 Å². The molecular formula is C15H18N4. The fourth-order valence-corrected chi connectivity index (χ4v) is 2.12. The Labute approximate surface area is 113 Å². The van der Waals surface area contributed by atoms with Crippen molar-refractivity contribution in [2.24, 2.45) is 0 Å². The molecule has 0 atom stereocenters. The molecule has 0 N–H and O–H groups in total. The van der Waals surface area contributed by atoms with Crippen molar-refractivity contribution in [3.63, 3.8) is 0 Å². The molecule has 0 radical (unpaired) electrons. The standard InChI is InChI=1S/C15H18N4/c1-4-5-8-15-13(10-16)17-18-19(15)14-9-6-7-11(2)12(14)3/h6-7,9H,4-5,8H2,1-3H3. The molecule has 0 saturated heterocycles. The summed E-state index contributed by atoms with van der Waals surface area (Å²) in [6.07, 6.45) is 2.95. The first-order valence-corrected chi connectivity index (χ1v) is 6.60. The first kappa shape index (κ1) is 13.3. The maximum absolute atomic E-state index is 9.14. The summed E-state index contributed by atoms with van der Waals surface area (Å²) in [5.41, 5.74) is 4.76. The third kappa shape index (κ3) is 2.50. The predicted octanol–water partition coefficient (Wildman–Crippen LogP) is 3.10. The van der Waals surface area contributed by atoms with E-state index in [9.17, 15) is 0 Å². The van der Waals surface area contributed by atoms with Crippen LogP contribution in [-0.2, 0) is 6.42 Å². The van der Waals surface area contributed by atoms with Gasteiger partial charge in [-0.3, -0.25) is 0 Å². The third-order valence-corrected chi connectivity index (χ3v) is 3.44. The van der Waals surface area contributed by atoms with Crippen LogP contribution in [0.3, 0.4) is 0 Å². The summed E-state index contributed by atoms with van der Waals surface area (Å²) in [5.74, 6) is 0. The fraction of sp³-hybridized carbons (Fsp3) is 0.400. The fourth-order valence-electron chi connectivity index (χ4n) is 2.12. The van der Waals surface area contributed by atoms with Crippen molar-refractivity contribution < 1.29 is 0 Å². The van der Waals surface area contributed by atoms with Crippen LogP contribution in [0.5, 0.6) is 0 Å². The molecule has 0 fully saturated rings. The van der Waals surface area contributed by atoms with Crippen LogP contribution in [0.4, 0.5) is 0 Å². The van der Waals surface area contributed by atoms with E-state index in [1.54, 1.807) is 0 Å². The third-order valence-electron chi connectivity index (χ3n) is 3.44. The Kier molecular flexibility index (Phi) is 3.96. The van der Waals surface area contributed by atoms with Crippen LogP contribution in [0, 0.1) is 25.2 Å². The summed E-state index contributed by atoms with van der Waals surface area (Å²) >= 11 is 0. The highest BCUT2D eigenvalue weighted by Gasteiger charge is 2.15. The average Bonchev–Trinajstić information content (AvgIpc) is 2.82. The molecule has 19 heavy (non-hydrogen) atoms. The maximum atomic E-state index is 9.14. The van der Waals surface area contributed by atoms with E-state index in [1.807, 2.05) is 16.8 Å².